The number of thioether (sulfide) groups is 1. The van der Waals surface area contributed by atoms with Gasteiger partial charge < -0.3 is 4.57 Å². The van der Waals surface area contributed by atoms with E-state index in [4.69, 9.17) is 0 Å². The third-order valence-corrected chi connectivity index (χ3v) is 4.54. The molecule has 1 aliphatic rings. The molecule has 0 spiro atoms. The fraction of sp³-hybridized carbons (Fsp3) is 0.500. The summed E-state index contributed by atoms with van der Waals surface area (Å²) in [4.78, 5) is 6.67. The molecule has 1 atom stereocenters. The first kappa shape index (κ1) is 13.6. The first-order chi connectivity index (χ1) is 9.79. The molecule has 106 valence electrons. The van der Waals surface area contributed by atoms with E-state index in [1.54, 1.807) is 11.8 Å². The molecule has 3 heterocycles. The van der Waals surface area contributed by atoms with Crippen molar-refractivity contribution in [2.24, 2.45) is 7.05 Å². The summed E-state index contributed by atoms with van der Waals surface area (Å²) in [6, 6.07) is 4.50. The minimum atomic E-state index is 0.369. The highest BCUT2D eigenvalue weighted by atomic mass is 32.2. The van der Waals surface area contributed by atoms with Crippen molar-refractivity contribution in [1.82, 2.24) is 24.6 Å². The van der Waals surface area contributed by atoms with Crippen LogP contribution in [0, 0.1) is 0 Å². The number of aromatic nitrogens is 4. The lowest BCUT2D eigenvalue weighted by Crippen LogP contribution is -2.25. The third kappa shape index (κ3) is 2.58. The number of hydrogen-bond donors (Lipinski definition) is 0. The van der Waals surface area contributed by atoms with Crippen LogP contribution in [-0.2, 0) is 13.6 Å². The summed E-state index contributed by atoms with van der Waals surface area (Å²) in [5.41, 5.74) is 1.26. The third-order valence-electron chi connectivity index (χ3n) is 3.82. The second-order valence-electron chi connectivity index (χ2n) is 5.09. The Labute approximate surface area is 123 Å². The van der Waals surface area contributed by atoms with Crippen LogP contribution in [0.25, 0.3) is 0 Å². The molecule has 1 unspecified atom stereocenters. The molecule has 1 fully saturated rings. The average molecular weight is 289 g/mol. The van der Waals surface area contributed by atoms with Gasteiger partial charge in [0.25, 0.3) is 0 Å². The van der Waals surface area contributed by atoms with Crippen LogP contribution >= 0.6 is 11.8 Å². The van der Waals surface area contributed by atoms with Crippen LogP contribution in [0.1, 0.15) is 30.3 Å². The maximum Gasteiger partial charge on any atom is 0.190 e. The van der Waals surface area contributed by atoms with Crippen molar-refractivity contribution in [3.8, 4) is 0 Å². The van der Waals surface area contributed by atoms with Crippen LogP contribution in [0.2, 0.25) is 0 Å². The van der Waals surface area contributed by atoms with Gasteiger partial charge in [0.15, 0.2) is 11.0 Å². The van der Waals surface area contributed by atoms with Crippen molar-refractivity contribution in [3.05, 3.63) is 35.9 Å². The van der Waals surface area contributed by atoms with Gasteiger partial charge >= 0.3 is 0 Å². The molecule has 0 saturated carbocycles. The number of hydrogen-bond acceptors (Lipinski definition) is 5. The van der Waals surface area contributed by atoms with Crippen molar-refractivity contribution in [1.29, 1.82) is 0 Å². The Morgan fingerprint density at radius 1 is 1.40 bits per heavy atom. The molecule has 6 heteroatoms. The molecule has 2 aromatic rings. The largest absolute Gasteiger partial charge is 0.308 e. The molecule has 0 aliphatic carbocycles. The summed E-state index contributed by atoms with van der Waals surface area (Å²) in [6.07, 6.45) is 8.17. The van der Waals surface area contributed by atoms with E-state index in [-0.39, 0.29) is 0 Å². The van der Waals surface area contributed by atoms with Crippen molar-refractivity contribution >= 4 is 11.8 Å². The maximum atomic E-state index is 4.40. The fourth-order valence-corrected chi connectivity index (χ4v) is 3.32. The molecule has 0 N–H and O–H groups in total. The Kier molecular flexibility index (Phi) is 4.03. The maximum absolute atomic E-state index is 4.40. The molecule has 5 nitrogen and oxygen atoms in total. The Morgan fingerprint density at radius 3 is 3.00 bits per heavy atom. The molecule has 0 amide bonds. The van der Waals surface area contributed by atoms with Crippen LogP contribution in [0.5, 0.6) is 0 Å². The van der Waals surface area contributed by atoms with E-state index in [0.717, 1.165) is 30.5 Å². The standard InChI is InChI=1S/C14H19N5S/c1-18-13(16-17-14(18)20-2)12-6-4-8-19(12)10-11-5-3-7-15-9-11/h3,5,7,9,12H,4,6,8,10H2,1-2H3. The van der Waals surface area contributed by atoms with Gasteiger partial charge in [0.1, 0.15) is 0 Å². The van der Waals surface area contributed by atoms with E-state index in [1.807, 2.05) is 24.7 Å². The topological polar surface area (TPSA) is 46.8 Å². The van der Waals surface area contributed by atoms with E-state index in [1.165, 1.54) is 12.0 Å². The number of pyridine rings is 1. The molecule has 20 heavy (non-hydrogen) atoms. The average Bonchev–Trinajstić information content (AvgIpc) is 3.06. The van der Waals surface area contributed by atoms with Gasteiger partial charge in [0, 0.05) is 26.0 Å². The zero-order chi connectivity index (χ0) is 13.9. The predicted molar refractivity (Wildman–Crippen MR) is 79.4 cm³/mol. The monoisotopic (exact) mass is 289 g/mol. The van der Waals surface area contributed by atoms with Crippen LogP contribution < -0.4 is 0 Å². The SMILES string of the molecule is CSc1nnc(C2CCCN2Cc2cccnc2)n1C. The fourth-order valence-electron chi connectivity index (χ4n) is 2.83. The Balaban J connectivity index is 1.80. The molecule has 0 bridgehead atoms. The first-order valence-corrected chi connectivity index (χ1v) is 8.08. The summed E-state index contributed by atoms with van der Waals surface area (Å²) in [5, 5.41) is 9.63. The van der Waals surface area contributed by atoms with Crippen LogP contribution in [0.15, 0.2) is 29.7 Å². The molecular formula is C14H19N5S. The van der Waals surface area contributed by atoms with Gasteiger partial charge in [-0.05, 0) is 37.3 Å². The minimum absolute atomic E-state index is 0.369. The van der Waals surface area contributed by atoms with Gasteiger partial charge in [-0.2, -0.15) is 0 Å². The Hall–Kier alpha value is -1.40. The van der Waals surface area contributed by atoms with E-state index < -0.39 is 0 Å². The van der Waals surface area contributed by atoms with Gasteiger partial charge in [0.2, 0.25) is 0 Å². The highest BCUT2D eigenvalue weighted by Crippen LogP contribution is 2.32. The lowest BCUT2D eigenvalue weighted by atomic mass is 10.2. The van der Waals surface area contributed by atoms with Crippen molar-refractivity contribution < 1.29 is 0 Å². The van der Waals surface area contributed by atoms with E-state index in [9.17, 15) is 0 Å². The summed E-state index contributed by atoms with van der Waals surface area (Å²) in [7, 11) is 2.06. The van der Waals surface area contributed by atoms with Crippen molar-refractivity contribution in [2.45, 2.75) is 30.6 Å². The number of rotatable bonds is 4. The zero-order valence-electron chi connectivity index (χ0n) is 11.9. The highest BCUT2D eigenvalue weighted by Gasteiger charge is 2.30. The van der Waals surface area contributed by atoms with Crippen LogP contribution in [-0.4, -0.2) is 37.4 Å². The summed E-state index contributed by atoms with van der Waals surface area (Å²) >= 11 is 1.64. The van der Waals surface area contributed by atoms with Crippen molar-refractivity contribution in [2.75, 3.05) is 12.8 Å². The Bertz CT molecular complexity index is 568. The summed E-state index contributed by atoms with van der Waals surface area (Å²) in [5.74, 6) is 1.08. The van der Waals surface area contributed by atoms with Gasteiger partial charge in [-0.1, -0.05) is 17.8 Å². The van der Waals surface area contributed by atoms with E-state index >= 15 is 0 Å². The quantitative estimate of drug-likeness (QED) is 0.808. The lowest BCUT2D eigenvalue weighted by molar-refractivity contribution is 0.235. The molecule has 1 saturated heterocycles. The molecule has 0 radical (unpaired) electrons. The molecule has 2 aromatic heterocycles. The van der Waals surface area contributed by atoms with Crippen LogP contribution in [0.3, 0.4) is 0 Å². The smallest absolute Gasteiger partial charge is 0.190 e. The van der Waals surface area contributed by atoms with Crippen molar-refractivity contribution in [3.63, 3.8) is 0 Å². The summed E-state index contributed by atoms with van der Waals surface area (Å²) in [6.45, 7) is 2.04. The first-order valence-electron chi connectivity index (χ1n) is 6.86. The van der Waals surface area contributed by atoms with Gasteiger partial charge in [-0.25, -0.2) is 0 Å². The van der Waals surface area contributed by atoms with Gasteiger partial charge in [-0.3, -0.25) is 9.88 Å². The number of likely N-dealkylation sites (tertiary alicyclic amines) is 1. The molecule has 0 aromatic carbocycles. The molecular weight excluding hydrogens is 270 g/mol. The van der Waals surface area contributed by atoms with Crippen LogP contribution in [0.4, 0.5) is 0 Å². The predicted octanol–water partition coefficient (Wildman–Crippen LogP) is 2.27. The lowest BCUT2D eigenvalue weighted by Gasteiger charge is -2.23. The van der Waals surface area contributed by atoms with E-state index in [2.05, 4.69) is 37.8 Å². The molecule has 1 aliphatic heterocycles. The van der Waals surface area contributed by atoms with E-state index in [0.29, 0.717) is 6.04 Å². The normalized spacial score (nSPS) is 19.6. The number of nitrogens with zero attached hydrogens (tertiary/aromatic N) is 5. The van der Waals surface area contributed by atoms with Gasteiger partial charge in [-0.15, -0.1) is 10.2 Å². The minimum Gasteiger partial charge on any atom is -0.308 e. The van der Waals surface area contributed by atoms with Gasteiger partial charge in [0.05, 0.1) is 6.04 Å². The second kappa shape index (κ2) is 5.93. The zero-order valence-corrected chi connectivity index (χ0v) is 12.7. The summed E-state index contributed by atoms with van der Waals surface area (Å²) < 4.78 is 2.12. The second-order valence-corrected chi connectivity index (χ2v) is 5.87. The highest BCUT2D eigenvalue weighted by molar-refractivity contribution is 7.98. The Morgan fingerprint density at radius 2 is 2.30 bits per heavy atom. The molecule has 3 rings (SSSR count).